The van der Waals surface area contributed by atoms with Crippen molar-refractivity contribution in [3.63, 3.8) is 0 Å². The fourth-order valence-electron chi connectivity index (χ4n) is 3.16. The van der Waals surface area contributed by atoms with Gasteiger partial charge in [-0.15, -0.1) is 0 Å². The third-order valence-electron chi connectivity index (χ3n) is 4.73. The Balaban J connectivity index is 1.64. The lowest BCUT2D eigenvalue weighted by Crippen LogP contribution is -2.23. The van der Waals surface area contributed by atoms with Crippen molar-refractivity contribution in [3.05, 3.63) is 101 Å². The summed E-state index contributed by atoms with van der Waals surface area (Å²) in [7, 11) is 0. The number of halogens is 1. The molecule has 1 amide bonds. The predicted octanol–water partition coefficient (Wildman–Crippen LogP) is 5.36. The molecule has 0 bridgehead atoms. The molecule has 0 saturated heterocycles. The molecule has 3 aromatic carbocycles. The van der Waals surface area contributed by atoms with Gasteiger partial charge in [0.05, 0.1) is 11.1 Å². The number of hydrogen-bond donors (Lipinski definition) is 2. The van der Waals surface area contributed by atoms with E-state index in [1.54, 1.807) is 18.2 Å². The van der Waals surface area contributed by atoms with Crippen LogP contribution in [-0.4, -0.2) is 10.9 Å². The molecule has 1 aromatic heterocycles. The first-order valence-electron chi connectivity index (χ1n) is 9.35. The quantitative estimate of drug-likeness (QED) is 0.486. The molecule has 4 rings (SSSR count). The largest absolute Gasteiger partial charge is 0.348 e. The van der Waals surface area contributed by atoms with Crippen molar-refractivity contribution in [2.24, 2.45) is 0 Å². The molecule has 0 unspecified atom stereocenters. The van der Waals surface area contributed by atoms with Crippen molar-refractivity contribution in [2.75, 3.05) is 5.32 Å². The number of carbonyl (C=O) groups is 1. The summed E-state index contributed by atoms with van der Waals surface area (Å²) < 4.78 is 13.1. The summed E-state index contributed by atoms with van der Waals surface area (Å²) in [5.41, 5.74) is 4.13. The SMILES string of the molecule is Cc1ccccc1Nc1cc(C(=O)NCc2ccc(F)cc2)c2ccccc2n1. The zero-order valence-corrected chi connectivity index (χ0v) is 15.9. The minimum absolute atomic E-state index is 0.208. The van der Waals surface area contributed by atoms with E-state index in [4.69, 9.17) is 0 Å². The van der Waals surface area contributed by atoms with E-state index in [0.29, 0.717) is 17.9 Å². The van der Waals surface area contributed by atoms with Crippen molar-refractivity contribution in [2.45, 2.75) is 13.5 Å². The summed E-state index contributed by atoms with van der Waals surface area (Å²) in [5.74, 6) is 0.0952. The van der Waals surface area contributed by atoms with Gasteiger partial charge < -0.3 is 10.6 Å². The standard InChI is InChI=1S/C24H20FN3O/c1-16-6-2-4-8-21(16)27-23-14-20(19-7-3-5-9-22(19)28-23)24(29)26-15-17-10-12-18(25)13-11-17/h2-14H,15H2,1H3,(H,26,29)(H,27,28). The topological polar surface area (TPSA) is 54.0 Å². The van der Waals surface area contributed by atoms with Crippen molar-refractivity contribution >= 4 is 28.3 Å². The van der Waals surface area contributed by atoms with E-state index in [1.165, 1.54) is 12.1 Å². The number of anilines is 2. The van der Waals surface area contributed by atoms with Crippen LogP contribution in [0.15, 0.2) is 78.9 Å². The van der Waals surface area contributed by atoms with Crippen LogP contribution in [-0.2, 0) is 6.54 Å². The van der Waals surface area contributed by atoms with Gasteiger partial charge in [-0.05, 0) is 48.4 Å². The summed E-state index contributed by atoms with van der Waals surface area (Å²) in [6.45, 7) is 2.33. The molecule has 29 heavy (non-hydrogen) atoms. The fraction of sp³-hybridized carbons (Fsp3) is 0.0833. The van der Waals surface area contributed by atoms with Crippen LogP contribution in [0.25, 0.3) is 10.9 Å². The molecule has 4 nitrogen and oxygen atoms in total. The van der Waals surface area contributed by atoms with Crippen LogP contribution in [0.2, 0.25) is 0 Å². The molecule has 0 fully saturated rings. The number of rotatable bonds is 5. The Bertz CT molecular complexity index is 1170. The van der Waals surface area contributed by atoms with E-state index in [1.807, 2.05) is 55.5 Å². The highest BCUT2D eigenvalue weighted by Gasteiger charge is 2.13. The Kier molecular flexibility index (Phi) is 5.20. The van der Waals surface area contributed by atoms with Crippen molar-refractivity contribution < 1.29 is 9.18 Å². The van der Waals surface area contributed by atoms with E-state index in [0.717, 1.165) is 27.7 Å². The lowest BCUT2D eigenvalue weighted by molar-refractivity contribution is 0.0952. The highest BCUT2D eigenvalue weighted by Crippen LogP contribution is 2.24. The summed E-state index contributed by atoms with van der Waals surface area (Å²) in [4.78, 5) is 17.6. The van der Waals surface area contributed by atoms with E-state index in [2.05, 4.69) is 15.6 Å². The van der Waals surface area contributed by atoms with Gasteiger partial charge in [0, 0.05) is 17.6 Å². The number of fused-ring (bicyclic) bond motifs is 1. The number of aromatic nitrogens is 1. The predicted molar refractivity (Wildman–Crippen MR) is 114 cm³/mol. The molecule has 0 saturated carbocycles. The lowest BCUT2D eigenvalue weighted by Gasteiger charge is -2.13. The number of aryl methyl sites for hydroxylation is 1. The molecular weight excluding hydrogens is 365 g/mol. The molecule has 2 N–H and O–H groups in total. The van der Waals surface area contributed by atoms with Crippen molar-refractivity contribution in [1.82, 2.24) is 10.3 Å². The summed E-state index contributed by atoms with van der Waals surface area (Å²) in [6.07, 6.45) is 0. The third-order valence-corrected chi connectivity index (χ3v) is 4.73. The van der Waals surface area contributed by atoms with Crippen LogP contribution < -0.4 is 10.6 Å². The van der Waals surface area contributed by atoms with E-state index in [9.17, 15) is 9.18 Å². The normalized spacial score (nSPS) is 10.7. The number of nitrogens with one attached hydrogen (secondary N) is 2. The molecule has 0 atom stereocenters. The monoisotopic (exact) mass is 385 g/mol. The van der Waals surface area contributed by atoms with Crippen LogP contribution in [0, 0.1) is 12.7 Å². The Hall–Kier alpha value is -3.73. The summed E-state index contributed by atoms with van der Waals surface area (Å²) >= 11 is 0. The maximum atomic E-state index is 13.1. The Morgan fingerprint density at radius 2 is 1.69 bits per heavy atom. The van der Waals surface area contributed by atoms with E-state index >= 15 is 0 Å². The first-order chi connectivity index (χ1) is 14.1. The molecule has 0 radical (unpaired) electrons. The van der Waals surface area contributed by atoms with Crippen LogP contribution in [0.1, 0.15) is 21.5 Å². The second kappa shape index (κ2) is 8.10. The molecule has 0 spiro atoms. The highest BCUT2D eigenvalue weighted by molar-refractivity contribution is 6.07. The van der Waals surface area contributed by atoms with Gasteiger partial charge in [0.25, 0.3) is 5.91 Å². The van der Waals surface area contributed by atoms with Crippen LogP contribution in [0.3, 0.4) is 0 Å². The lowest BCUT2D eigenvalue weighted by atomic mass is 10.1. The van der Waals surface area contributed by atoms with Gasteiger partial charge >= 0.3 is 0 Å². The first-order valence-corrected chi connectivity index (χ1v) is 9.35. The smallest absolute Gasteiger partial charge is 0.252 e. The maximum absolute atomic E-state index is 13.1. The minimum atomic E-state index is -0.299. The molecule has 0 aliphatic rings. The molecule has 1 heterocycles. The van der Waals surface area contributed by atoms with Crippen LogP contribution >= 0.6 is 0 Å². The van der Waals surface area contributed by atoms with E-state index < -0.39 is 0 Å². The number of hydrogen-bond acceptors (Lipinski definition) is 3. The molecule has 0 aliphatic carbocycles. The van der Waals surface area contributed by atoms with Gasteiger partial charge in [-0.2, -0.15) is 0 Å². The molecule has 144 valence electrons. The van der Waals surface area contributed by atoms with Crippen LogP contribution in [0.4, 0.5) is 15.9 Å². The molecule has 0 aliphatic heterocycles. The summed E-state index contributed by atoms with van der Waals surface area (Å²) in [5, 5.41) is 7.00. The van der Waals surface area contributed by atoms with Crippen molar-refractivity contribution in [1.29, 1.82) is 0 Å². The van der Waals surface area contributed by atoms with Gasteiger partial charge in [0.15, 0.2) is 0 Å². The number of pyridine rings is 1. The summed E-state index contributed by atoms with van der Waals surface area (Å²) in [6, 6.07) is 23.3. The van der Waals surface area contributed by atoms with Gasteiger partial charge in [0.2, 0.25) is 0 Å². The number of benzene rings is 3. The van der Waals surface area contributed by atoms with Crippen molar-refractivity contribution in [3.8, 4) is 0 Å². The fourth-order valence-corrected chi connectivity index (χ4v) is 3.16. The first kappa shape index (κ1) is 18.6. The highest BCUT2D eigenvalue weighted by atomic mass is 19.1. The average Bonchev–Trinajstić information content (AvgIpc) is 2.74. The zero-order chi connectivity index (χ0) is 20.2. The Labute approximate surface area is 168 Å². The number of amides is 1. The van der Waals surface area contributed by atoms with Gasteiger partial charge in [0.1, 0.15) is 11.6 Å². The number of nitrogens with zero attached hydrogens (tertiary/aromatic N) is 1. The minimum Gasteiger partial charge on any atom is -0.348 e. The number of carbonyl (C=O) groups excluding carboxylic acids is 1. The molecule has 5 heteroatoms. The second-order valence-electron chi connectivity index (χ2n) is 6.82. The maximum Gasteiger partial charge on any atom is 0.252 e. The van der Waals surface area contributed by atoms with Gasteiger partial charge in [-0.1, -0.05) is 48.5 Å². The van der Waals surface area contributed by atoms with E-state index in [-0.39, 0.29) is 11.7 Å². The average molecular weight is 385 g/mol. The Morgan fingerprint density at radius 1 is 0.966 bits per heavy atom. The molecular formula is C24H20FN3O. The van der Waals surface area contributed by atoms with Gasteiger partial charge in [-0.25, -0.2) is 9.37 Å². The second-order valence-corrected chi connectivity index (χ2v) is 6.82. The van der Waals surface area contributed by atoms with Gasteiger partial charge in [-0.3, -0.25) is 4.79 Å². The van der Waals surface area contributed by atoms with Crippen LogP contribution in [0.5, 0.6) is 0 Å². The number of para-hydroxylation sites is 2. The Morgan fingerprint density at radius 3 is 2.48 bits per heavy atom. The zero-order valence-electron chi connectivity index (χ0n) is 15.9. The molecule has 4 aromatic rings. The third kappa shape index (κ3) is 4.24.